The van der Waals surface area contributed by atoms with Crippen molar-refractivity contribution in [2.75, 3.05) is 12.4 Å². The van der Waals surface area contributed by atoms with E-state index in [2.05, 4.69) is 20.6 Å². The predicted octanol–water partition coefficient (Wildman–Crippen LogP) is 4.85. The van der Waals surface area contributed by atoms with Gasteiger partial charge in [0.05, 0.1) is 24.0 Å². The average Bonchev–Trinajstić information content (AvgIpc) is 3.41. The number of halogens is 2. The van der Waals surface area contributed by atoms with Gasteiger partial charge < -0.3 is 15.6 Å². The van der Waals surface area contributed by atoms with Crippen LogP contribution in [0.3, 0.4) is 0 Å². The lowest BCUT2D eigenvalue weighted by Gasteiger charge is -2.26. The Kier molecular flexibility index (Phi) is 6.85. The molecule has 2 aromatic heterocycles. The van der Waals surface area contributed by atoms with Crippen LogP contribution in [0.4, 0.5) is 14.6 Å². The number of rotatable bonds is 7. The molecule has 0 aliphatic rings. The van der Waals surface area contributed by atoms with Gasteiger partial charge >= 0.3 is 0 Å². The quantitative estimate of drug-likeness (QED) is 0.290. The summed E-state index contributed by atoms with van der Waals surface area (Å²) >= 11 is 0. The highest BCUT2D eigenvalue weighted by molar-refractivity contribution is 5.93. The van der Waals surface area contributed by atoms with Crippen LogP contribution in [0.5, 0.6) is 0 Å². The highest BCUT2D eigenvalue weighted by atomic mass is 19.1. The smallest absolute Gasteiger partial charge is 0.295 e. The molecular weight excluding hydrogens is 488 g/mol. The number of hydrogen-bond donors (Lipinski definition) is 3. The Labute approximate surface area is 217 Å². The first-order valence-electron chi connectivity index (χ1n) is 12.0. The number of amides is 1. The fourth-order valence-corrected chi connectivity index (χ4v) is 4.46. The van der Waals surface area contributed by atoms with E-state index in [0.29, 0.717) is 16.8 Å². The molecule has 3 N–H and O–H groups in total. The van der Waals surface area contributed by atoms with Crippen molar-refractivity contribution in [3.8, 4) is 11.3 Å². The van der Waals surface area contributed by atoms with Crippen LogP contribution in [0.1, 0.15) is 24.1 Å². The van der Waals surface area contributed by atoms with Gasteiger partial charge in [0.1, 0.15) is 11.6 Å². The second-order valence-corrected chi connectivity index (χ2v) is 8.91. The number of nitrogens with zero attached hydrogens (tertiary/aromatic N) is 2. The Morgan fingerprint density at radius 3 is 2.34 bits per heavy atom. The molecule has 0 fully saturated rings. The summed E-state index contributed by atoms with van der Waals surface area (Å²) in [5, 5.41) is 6.32. The Morgan fingerprint density at radius 1 is 0.974 bits per heavy atom. The highest BCUT2D eigenvalue weighted by Crippen LogP contribution is 2.34. The summed E-state index contributed by atoms with van der Waals surface area (Å²) in [6.07, 6.45) is 3.28. The van der Waals surface area contributed by atoms with E-state index in [0.717, 1.165) is 16.5 Å². The van der Waals surface area contributed by atoms with Gasteiger partial charge in [0.15, 0.2) is 5.82 Å². The Morgan fingerprint density at radius 2 is 1.66 bits per heavy atom. The van der Waals surface area contributed by atoms with Crippen molar-refractivity contribution in [3.05, 3.63) is 118 Å². The van der Waals surface area contributed by atoms with Crippen molar-refractivity contribution < 1.29 is 13.6 Å². The van der Waals surface area contributed by atoms with Gasteiger partial charge in [-0.25, -0.2) is 13.8 Å². The van der Waals surface area contributed by atoms with E-state index in [4.69, 9.17) is 0 Å². The maximum absolute atomic E-state index is 14.1. The minimum absolute atomic E-state index is 0.156. The number of likely N-dealkylation sites (N-methyl/N-ethyl adjacent to an activating group) is 1. The van der Waals surface area contributed by atoms with Gasteiger partial charge in [-0.15, -0.1) is 0 Å². The van der Waals surface area contributed by atoms with Crippen LogP contribution in [0.2, 0.25) is 0 Å². The SMILES string of the molecule is CNC(C)C(=O)Nc1ncc(-c2ccc(F)cc2)n([C@@H](c2ccc(F)cc2)c2cccc3[nH]ccc23)c1=O. The molecule has 9 heteroatoms. The first kappa shape index (κ1) is 25.0. The number of carbonyl (C=O) groups is 1. The van der Waals surface area contributed by atoms with Crippen molar-refractivity contribution in [2.45, 2.75) is 19.0 Å². The topological polar surface area (TPSA) is 91.8 Å². The lowest BCUT2D eigenvalue weighted by molar-refractivity contribution is -0.117. The van der Waals surface area contributed by atoms with Crippen LogP contribution >= 0.6 is 0 Å². The average molecular weight is 514 g/mol. The number of aromatic amines is 1. The van der Waals surface area contributed by atoms with Crippen LogP contribution < -0.4 is 16.2 Å². The zero-order valence-electron chi connectivity index (χ0n) is 20.7. The maximum atomic E-state index is 14.1. The van der Waals surface area contributed by atoms with Gasteiger partial charge in [0.25, 0.3) is 5.56 Å². The molecule has 192 valence electrons. The second kappa shape index (κ2) is 10.4. The molecule has 5 rings (SSSR count). The lowest BCUT2D eigenvalue weighted by atomic mass is 9.94. The summed E-state index contributed by atoms with van der Waals surface area (Å²) in [6.45, 7) is 1.66. The molecule has 3 aromatic carbocycles. The van der Waals surface area contributed by atoms with Crippen LogP contribution in [0.15, 0.2) is 90.0 Å². The predicted molar refractivity (Wildman–Crippen MR) is 143 cm³/mol. The zero-order valence-corrected chi connectivity index (χ0v) is 20.7. The molecule has 7 nitrogen and oxygen atoms in total. The number of nitrogens with one attached hydrogen (secondary N) is 3. The molecule has 2 atom stereocenters. The number of fused-ring (bicyclic) bond motifs is 1. The molecule has 1 amide bonds. The number of hydrogen-bond acceptors (Lipinski definition) is 4. The van der Waals surface area contributed by atoms with E-state index in [1.165, 1.54) is 35.0 Å². The monoisotopic (exact) mass is 513 g/mol. The molecule has 0 saturated heterocycles. The highest BCUT2D eigenvalue weighted by Gasteiger charge is 2.26. The molecule has 2 heterocycles. The van der Waals surface area contributed by atoms with Crippen molar-refractivity contribution in [1.29, 1.82) is 0 Å². The van der Waals surface area contributed by atoms with Crippen molar-refractivity contribution in [3.63, 3.8) is 0 Å². The van der Waals surface area contributed by atoms with Gasteiger partial charge in [0, 0.05) is 22.7 Å². The van der Waals surface area contributed by atoms with Crippen LogP contribution in [-0.4, -0.2) is 33.5 Å². The lowest BCUT2D eigenvalue weighted by Crippen LogP contribution is -2.39. The van der Waals surface area contributed by atoms with Gasteiger partial charge in [0.2, 0.25) is 5.91 Å². The first-order valence-corrected chi connectivity index (χ1v) is 12.0. The van der Waals surface area contributed by atoms with E-state index in [-0.39, 0.29) is 5.82 Å². The van der Waals surface area contributed by atoms with E-state index in [1.54, 1.807) is 44.4 Å². The summed E-state index contributed by atoms with van der Waals surface area (Å²) in [5.74, 6) is -1.42. The van der Waals surface area contributed by atoms with Crippen molar-refractivity contribution in [2.24, 2.45) is 0 Å². The van der Waals surface area contributed by atoms with E-state index in [9.17, 15) is 18.4 Å². The van der Waals surface area contributed by atoms with Gasteiger partial charge in [-0.1, -0.05) is 24.3 Å². The number of aromatic nitrogens is 3. The third kappa shape index (κ3) is 4.71. The van der Waals surface area contributed by atoms with E-state index >= 15 is 0 Å². The zero-order chi connectivity index (χ0) is 26.8. The summed E-state index contributed by atoms with van der Waals surface area (Å²) in [4.78, 5) is 34.2. The molecule has 0 spiro atoms. The Balaban J connectivity index is 1.81. The first-order chi connectivity index (χ1) is 18.4. The molecule has 0 radical (unpaired) electrons. The largest absolute Gasteiger partial charge is 0.361 e. The standard InChI is InChI=1S/C29H25F2N5O2/c1-17(32-2)28(37)35-27-29(38)36(25(16-34-27)18-6-10-20(30)11-7-18)26(19-8-12-21(31)13-9-19)23-4-3-5-24-22(23)14-15-33-24/h3-17,26,32-33H,1-2H3,(H,34,35,37)/t17?,26-/m0/s1. The molecular formula is C29H25F2N5O2. The molecule has 5 aromatic rings. The number of anilines is 1. The minimum atomic E-state index is -0.733. The summed E-state index contributed by atoms with van der Waals surface area (Å²) in [7, 11) is 1.63. The van der Waals surface area contributed by atoms with E-state index in [1.807, 2.05) is 24.3 Å². The van der Waals surface area contributed by atoms with Crippen molar-refractivity contribution in [1.82, 2.24) is 19.9 Å². The molecule has 0 aliphatic carbocycles. The normalized spacial score (nSPS) is 12.8. The number of carbonyl (C=O) groups excluding carboxylic acids is 1. The molecule has 0 bridgehead atoms. The molecule has 0 aliphatic heterocycles. The second-order valence-electron chi connectivity index (χ2n) is 8.91. The van der Waals surface area contributed by atoms with Crippen molar-refractivity contribution >= 4 is 22.6 Å². The van der Waals surface area contributed by atoms with Gasteiger partial charge in [-0.3, -0.25) is 14.2 Å². The molecule has 0 saturated carbocycles. The third-order valence-electron chi connectivity index (χ3n) is 6.57. The number of H-pyrrole nitrogens is 1. The van der Waals surface area contributed by atoms with E-state index < -0.39 is 35.2 Å². The minimum Gasteiger partial charge on any atom is -0.361 e. The fourth-order valence-electron chi connectivity index (χ4n) is 4.46. The fraction of sp³-hybridized carbons (Fsp3) is 0.138. The van der Waals surface area contributed by atoms with Gasteiger partial charge in [-0.2, -0.15) is 0 Å². The molecule has 38 heavy (non-hydrogen) atoms. The maximum Gasteiger partial charge on any atom is 0.295 e. The number of benzene rings is 3. The molecule has 1 unspecified atom stereocenters. The summed E-state index contributed by atoms with van der Waals surface area (Å²) < 4.78 is 29.3. The van der Waals surface area contributed by atoms with Crippen LogP contribution in [0.25, 0.3) is 22.2 Å². The third-order valence-corrected chi connectivity index (χ3v) is 6.57. The van der Waals surface area contributed by atoms with Crippen LogP contribution in [0, 0.1) is 11.6 Å². The Hall–Kier alpha value is -4.63. The summed E-state index contributed by atoms with van der Waals surface area (Å²) in [6, 6.07) is 17.9. The summed E-state index contributed by atoms with van der Waals surface area (Å²) in [5.41, 5.74) is 2.65. The van der Waals surface area contributed by atoms with Gasteiger partial charge in [-0.05, 0) is 73.6 Å². The van der Waals surface area contributed by atoms with Crippen LogP contribution in [-0.2, 0) is 4.79 Å². The Bertz CT molecular complexity index is 1660.